The predicted molar refractivity (Wildman–Crippen MR) is 76.4 cm³/mol. The van der Waals surface area contributed by atoms with Crippen molar-refractivity contribution in [2.24, 2.45) is 5.92 Å². The minimum absolute atomic E-state index is 0.0964. The van der Waals surface area contributed by atoms with Gasteiger partial charge in [-0.3, -0.25) is 4.79 Å². The second-order valence-electron chi connectivity index (χ2n) is 5.72. The molecule has 8 heteroatoms. The molecule has 0 unspecified atom stereocenters. The molecule has 1 aliphatic rings. The van der Waals surface area contributed by atoms with Crippen molar-refractivity contribution in [3.63, 3.8) is 0 Å². The summed E-state index contributed by atoms with van der Waals surface area (Å²) in [5, 5.41) is 1.01. The van der Waals surface area contributed by atoms with Gasteiger partial charge in [-0.05, 0) is 49.4 Å². The van der Waals surface area contributed by atoms with E-state index in [1.807, 2.05) is 0 Å². The minimum Gasteiger partial charge on any atom is -0.361 e. The molecule has 0 saturated carbocycles. The Morgan fingerprint density at radius 2 is 1.71 bits per heavy atom. The van der Waals surface area contributed by atoms with Gasteiger partial charge in [0, 0.05) is 25.1 Å². The molecule has 0 N–H and O–H groups in total. The molecule has 1 aromatic carbocycles. The van der Waals surface area contributed by atoms with Crippen LogP contribution in [0.5, 0.6) is 0 Å². The van der Waals surface area contributed by atoms with Crippen LogP contribution in [0.2, 0.25) is 0 Å². The van der Waals surface area contributed by atoms with Crippen molar-refractivity contribution in [3.05, 3.63) is 35.6 Å². The van der Waals surface area contributed by atoms with Crippen LogP contribution in [0, 0.1) is 11.7 Å². The van der Waals surface area contributed by atoms with E-state index in [0.29, 0.717) is 31.2 Å². The normalized spacial score (nSPS) is 16.8. The first-order valence-electron chi connectivity index (χ1n) is 7.58. The van der Waals surface area contributed by atoms with Crippen molar-refractivity contribution >= 4 is 11.8 Å². The van der Waals surface area contributed by atoms with Crippen LogP contribution in [-0.2, 0) is 9.63 Å². The number of piperidine rings is 1. The molecule has 0 atom stereocenters. The van der Waals surface area contributed by atoms with Crippen LogP contribution in [0.25, 0.3) is 0 Å². The zero-order valence-corrected chi connectivity index (χ0v) is 12.8. The van der Waals surface area contributed by atoms with Crippen LogP contribution in [0.1, 0.15) is 36.0 Å². The van der Waals surface area contributed by atoms with Gasteiger partial charge in [0.2, 0.25) is 0 Å². The molecule has 0 radical (unpaired) electrons. The first-order valence-corrected chi connectivity index (χ1v) is 7.58. The van der Waals surface area contributed by atoms with Gasteiger partial charge in [0.1, 0.15) is 5.82 Å². The molecule has 1 saturated heterocycles. The molecule has 2 rings (SSSR count). The lowest BCUT2D eigenvalue weighted by molar-refractivity contribution is -0.242. The Morgan fingerprint density at radius 3 is 2.25 bits per heavy atom. The van der Waals surface area contributed by atoms with Gasteiger partial charge in [-0.2, -0.15) is 13.2 Å². The van der Waals surface area contributed by atoms with Crippen molar-refractivity contribution < 1.29 is 32.0 Å². The maximum Gasteiger partial charge on any atom is 0.492 e. The number of halogens is 4. The Labute approximate surface area is 136 Å². The SMILES string of the molecule is O=C(CCC1CCN(OC(=O)C(F)(F)F)CC1)c1ccc(F)cc1. The largest absolute Gasteiger partial charge is 0.492 e. The predicted octanol–water partition coefficient (Wildman–Crippen LogP) is 3.52. The number of carbonyl (C=O) groups excluding carboxylic acids is 2. The molecule has 1 aromatic rings. The maximum atomic E-state index is 12.8. The molecule has 1 fully saturated rings. The molecule has 0 amide bonds. The lowest BCUT2D eigenvalue weighted by Crippen LogP contribution is -2.39. The fraction of sp³-hybridized carbons (Fsp3) is 0.500. The number of alkyl halides is 3. The van der Waals surface area contributed by atoms with Crippen LogP contribution in [0.15, 0.2) is 24.3 Å². The fourth-order valence-electron chi connectivity index (χ4n) is 2.57. The van der Waals surface area contributed by atoms with Crippen LogP contribution in [0.3, 0.4) is 0 Å². The number of hydrogen-bond donors (Lipinski definition) is 0. The zero-order valence-electron chi connectivity index (χ0n) is 12.8. The number of hydrogen-bond acceptors (Lipinski definition) is 4. The molecule has 1 aliphatic heterocycles. The molecule has 1 heterocycles. The zero-order chi connectivity index (χ0) is 17.7. The standard InChI is InChI=1S/C16H17F4NO3/c17-13-4-2-12(3-5-13)14(22)6-1-11-7-9-21(10-8-11)24-15(23)16(18,19)20/h2-5,11H,1,6-10H2. The minimum atomic E-state index is -5.00. The van der Waals surface area contributed by atoms with E-state index in [4.69, 9.17) is 0 Å². The number of rotatable bonds is 5. The van der Waals surface area contributed by atoms with E-state index < -0.39 is 18.0 Å². The molecule has 0 aliphatic carbocycles. The van der Waals surface area contributed by atoms with Gasteiger partial charge >= 0.3 is 12.1 Å². The van der Waals surface area contributed by atoms with Gasteiger partial charge in [0.15, 0.2) is 5.78 Å². The summed E-state index contributed by atoms with van der Waals surface area (Å²) < 4.78 is 49.1. The molecular weight excluding hydrogens is 330 g/mol. The molecule has 4 nitrogen and oxygen atoms in total. The van der Waals surface area contributed by atoms with Crippen molar-refractivity contribution in [2.75, 3.05) is 13.1 Å². The number of nitrogens with zero attached hydrogens (tertiary/aromatic N) is 1. The third-order valence-electron chi connectivity index (χ3n) is 3.96. The first kappa shape index (κ1) is 18.4. The highest BCUT2D eigenvalue weighted by molar-refractivity contribution is 5.95. The van der Waals surface area contributed by atoms with E-state index in [1.54, 1.807) is 0 Å². The molecule has 0 aromatic heterocycles. The second kappa shape index (κ2) is 7.74. The number of ketones is 1. The lowest BCUT2D eigenvalue weighted by atomic mass is 9.91. The summed E-state index contributed by atoms with van der Waals surface area (Å²) in [7, 11) is 0. The van der Waals surface area contributed by atoms with E-state index in [-0.39, 0.29) is 24.8 Å². The molecule has 0 spiro atoms. The van der Waals surface area contributed by atoms with E-state index in [2.05, 4.69) is 4.84 Å². The quantitative estimate of drug-likeness (QED) is 0.604. The number of hydroxylamine groups is 2. The van der Waals surface area contributed by atoms with Crippen molar-refractivity contribution in [1.82, 2.24) is 5.06 Å². The first-order chi connectivity index (χ1) is 11.3. The van der Waals surface area contributed by atoms with Gasteiger partial charge in [-0.1, -0.05) is 0 Å². The van der Waals surface area contributed by atoms with E-state index >= 15 is 0 Å². The average molecular weight is 347 g/mol. The smallest absolute Gasteiger partial charge is 0.361 e. The van der Waals surface area contributed by atoms with E-state index in [0.717, 1.165) is 5.06 Å². The highest BCUT2D eigenvalue weighted by atomic mass is 19.4. The van der Waals surface area contributed by atoms with Crippen molar-refractivity contribution in [1.29, 1.82) is 0 Å². The van der Waals surface area contributed by atoms with Crippen LogP contribution in [0.4, 0.5) is 17.6 Å². The fourth-order valence-corrected chi connectivity index (χ4v) is 2.57. The van der Waals surface area contributed by atoms with Gasteiger partial charge in [-0.25, -0.2) is 9.18 Å². The van der Waals surface area contributed by atoms with Gasteiger partial charge in [-0.15, -0.1) is 5.06 Å². The molecular formula is C16H17F4NO3. The monoisotopic (exact) mass is 347 g/mol. The number of benzene rings is 1. The summed E-state index contributed by atoms with van der Waals surface area (Å²) in [6, 6.07) is 5.30. The summed E-state index contributed by atoms with van der Waals surface area (Å²) in [6.07, 6.45) is -3.03. The van der Waals surface area contributed by atoms with E-state index in [9.17, 15) is 27.2 Å². The summed E-state index contributed by atoms with van der Waals surface area (Å²) in [4.78, 5) is 27.0. The molecule has 24 heavy (non-hydrogen) atoms. The third-order valence-corrected chi connectivity index (χ3v) is 3.96. The van der Waals surface area contributed by atoms with E-state index in [1.165, 1.54) is 24.3 Å². The Balaban J connectivity index is 1.72. The highest BCUT2D eigenvalue weighted by Gasteiger charge is 2.42. The molecule has 132 valence electrons. The van der Waals surface area contributed by atoms with Crippen molar-refractivity contribution in [3.8, 4) is 0 Å². The van der Waals surface area contributed by atoms with Gasteiger partial charge < -0.3 is 4.84 Å². The third kappa shape index (κ3) is 5.30. The maximum absolute atomic E-state index is 12.8. The Bertz CT molecular complexity index is 578. The summed E-state index contributed by atoms with van der Waals surface area (Å²) >= 11 is 0. The summed E-state index contributed by atoms with van der Waals surface area (Å²) in [5.74, 6) is -2.55. The Morgan fingerprint density at radius 1 is 1.12 bits per heavy atom. The second-order valence-corrected chi connectivity index (χ2v) is 5.72. The summed E-state index contributed by atoms with van der Waals surface area (Å²) in [6.45, 7) is 0.411. The molecule has 0 bridgehead atoms. The summed E-state index contributed by atoms with van der Waals surface area (Å²) in [5.41, 5.74) is 0.438. The van der Waals surface area contributed by atoms with Crippen molar-refractivity contribution in [2.45, 2.75) is 31.9 Å². The van der Waals surface area contributed by atoms with Crippen LogP contribution in [-0.4, -0.2) is 36.1 Å². The average Bonchev–Trinajstić information content (AvgIpc) is 2.53. The topological polar surface area (TPSA) is 46.6 Å². The Kier molecular flexibility index (Phi) is 5.93. The van der Waals surface area contributed by atoms with Gasteiger partial charge in [0.25, 0.3) is 0 Å². The number of carbonyl (C=O) groups is 2. The lowest BCUT2D eigenvalue weighted by Gasteiger charge is -2.30. The van der Waals surface area contributed by atoms with Crippen LogP contribution >= 0.6 is 0 Å². The number of Topliss-reactive ketones (excluding diaryl/α,β-unsaturated/α-hetero) is 1. The highest BCUT2D eigenvalue weighted by Crippen LogP contribution is 2.25. The van der Waals surface area contributed by atoms with Crippen LogP contribution < -0.4 is 0 Å². The Hall–Kier alpha value is -1.96. The van der Waals surface area contributed by atoms with Gasteiger partial charge in [0.05, 0.1) is 0 Å².